The summed E-state index contributed by atoms with van der Waals surface area (Å²) in [6.45, 7) is 2.10. The lowest BCUT2D eigenvalue weighted by atomic mass is 10.3. The van der Waals surface area contributed by atoms with Crippen LogP contribution in [0.15, 0.2) is 16.8 Å². The Bertz CT molecular complexity index is 278. The number of hydrogen-bond donors (Lipinski definition) is 1. The molecule has 1 aliphatic rings. The van der Waals surface area contributed by atoms with Crippen molar-refractivity contribution >= 4 is 23.9 Å². The van der Waals surface area contributed by atoms with E-state index in [9.17, 15) is 4.79 Å². The molecule has 0 saturated carbocycles. The van der Waals surface area contributed by atoms with Gasteiger partial charge in [0.05, 0.1) is 12.2 Å². The van der Waals surface area contributed by atoms with E-state index in [-0.39, 0.29) is 5.50 Å². The second-order valence-corrected chi connectivity index (χ2v) is 3.49. The van der Waals surface area contributed by atoms with E-state index in [4.69, 9.17) is 10.6 Å². The molecular formula is C8H13N3O2S. The van der Waals surface area contributed by atoms with E-state index in [1.807, 2.05) is 6.26 Å². The molecule has 1 unspecified atom stereocenters. The topological polar surface area (TPSA) is 67.9 Å². The van der Waals surface area contributed by atoms with Gasteiger partial charge >= 0.3 is 5.97 Å². The molecule has 0 saturated heterocycles. The maximum absolute atomic E-state index is 11.3. The predicted molar refractivity (Wildman–Crippen MR) is 56.5 cm³/mol. The van der Waals surface area contributed by atoms with Crippen LogP contribution in [-0.4, -0.2) is 35.6 Å². The van der Waals surface area contributed by atoms with Gasteiger partial charge < -0.3 is 4.74 Å². The summed E-state index contributed by atoms with van der Waals surface area (Å²) in [6.07, 6.45) is 4.92. The highest BCUT2D eigenvalue weighted by molar-refractivity contribution is 7.99. The van der Waals surface area contributed by atoms with Gasteiger partial charge in [0.2, 0.25) is 0 Å². The van der Waals surface area contributed by atoms with Crippen LogP contribution < -0.4 is 5.84 Å². The number of nitrogens with zero attached hydrogens (tertiary/aromatic N) is 2. The smallest absolute Gasteiger partial charge is 0.341 e. The lowest BCUT2D eigenvalue weighted by Gasteiger charge is -2.24. The first-order chi connectivity index (χ1) is 6.69. The van der Waals surface area contributed by atoms with E-state index >= 15 is 0 Å². The SMILES string of the molecule is CCOC(=O)C1=CN(N)C(SC)N=C1. The fraction of sp³-hybridized carbons (Fsp3) is 0.500. The van der Waals surface area contributed by atoms with Crippen LogP contribution >= 0.6 is 11.8 Å². The molecule has 0 fully saturated rings. The Hall–Kier alpha value is -1.01. The summed E-state index contributed by atoms with van der Waals surface area (Å²) in [6, 6.07) is 0. The lowest BCUT2D eigenvalue weighted by Crippen LogP contribution is -2.36. The number of thioether (sulfide) groups is 1. The van der Waals surface area contributed by atoms with E-state index in [0.717, 1.165) is 0 Å². The normalized spacial score (nSPS) is 20.6. The first-order valence-corrected chi connectivity index (χ1v) is 5.45. The quantitative estimate of drug-likeness (QED) is 0.543. The predicted octanol–water partition coefficient (Wildman–Crippen LogP) is 0.340. The van der Waals surface area contributed by atoms with Crippen molar-refractivity contribution in [3.63, 3.8) is 0 Å². The molecule has 2 N–H and O–H groups in total. The molecule has 1 atom stereocenters. The molecule has 0 aromatic carbocycles. The molecule has 5 nitrogen and oxygen atoms in total. The van der Waals surface area contributed by atoms with Gasteiger partial charge in [0, 0.05) is 12.4 Å². The highest BCUT2D eigenvalue weighted by atomic mass is 32.2. The van der Waals surface area contributed by atoms with E-state index < -0.39 is 5.97 Å². The Balaban J connectivity index is 2.66. The minimum absolute atomic E-state index is 0.159. The summed E-state index contributed by atoms with van der Waals surface area (Å²) in [7, 11) is 0. The molecule has 0 aromatic rings. The molecule has 1 aliphatic heterocycles. The number of esters is 1. The summed E-state index contributed by atoms with van der Waals surface area (Å²) in [5, 5.41) is 1.39. The first kappa shape index (κ1) is 11.1. The van der Waals surface area contributed by atoms with E-state index in [1.54, 1.807) is 6.92 Å². The molecule has 1 rings (SSSR count). The Kier molecular flexibility index (Phi) is 3.97. The molecule has 78 valence electrons. The van der Waals surface area contributed by atoms with E-state index in [1.165, 1.54) is 29.2 Å². The number of hydrogen-bond acceptors (Lipinski definition) is 6. The van der Waals surface area contributed by atoms with Crippen LogP contribution in [-0.2, 0) is 9.53 Å². The van der Waals surface area contributed by atoms with Crippen molar-refractivity contribution in [3.8, 4) is 0 Å². The van der Waals surface area contributed by atoms with Crippen molar-refractivity contribution in [1.29, 1.82) is 0 Å². The van der Waals surface area contributed by atoms with Gasteiger partial charge in [-0.1, -0.05) is 0 Å². The monoisotopic (exact) mass is 215 g/mol. The lowest BCUT2D eigenvalue weighted by molar-refractivity contribution is -0.137. The number of rotatable bonds is 3. The molecule has 14 heavy (non-hydrogen) atoms. The Morgan fingerprint density at radius 3 is 3.07 bits per heavy atom. The zero-order chi connectivity index (χ0) is 10.6. The fourth-order valence-corrected chi connectivity index (χ4v) is 1.47. The molecule has 0 spiro atoms. The van der Waals surface area contributed by atoms with Crippen LogP contribution in [0, 0.1) is 0 Å². The second-order valence-electron chi connectivity index (χ2n) is 2.59. The molecule has 0 amide bonds. The van der Waals surface area contributed by atoms with Crippen LogP contribution in [0.5, 0.6) is 0 Å². The highest BCUT2D eigenvalue weighted by Gasteiger charge is 2.18. The van der Waals surface area contributed by atoms with Gasteiger partial charge in [-0.25, -0.2) is 10.6 Å². The summed E-state index contributed by atoms with van der Waals surface area (Å²) in [5.41, 5.74) is 0.216. The summed E-state index contributed by atoms with van der Waals surface area (Å²) in [5.74, 6) is 5.23. The standard InChI is InChI=1S/C8H13N3O2S/c1-3-13-7(12)6-4-10-8(14-2)11(9)5-6/h4-5,8H,3,9H2,1-2H3. The number of ether oxygens (including phenoxy) is 1. The van der Waals surface area contributed by atoms with Gasteiger partial charge in [0.25, 0.3) is 0 Å². The third-order valence-corrected chi connectivity index (χ3v) is 2.39. The third kappa shape index (κ3) is 2.49. The number of carbonyl (C=O) groups excluding carboxylic acids is 1. The van der Waals surface area contributed by atoms with Crippen molar-refractivity contribution in [2.45, 2.75) is 12.4 Å². The minimum Gasteiger partial charge on any atom is -0.462 e. The molecule has 6 heteroatoms. The van der Waals surface area contributed by atoms with Crippen molar-refractivity contribution in [2.24, 2.45) is 10.8 Å². The summed E-state index contributed by atoms with van der Waals surface area (Å²) >= 11 is 1.49. The van der Waals surface area contributed by atoms with Crippen molar-refractivity contribution in [1.82, 2.24) is 5.01 Å². The van der Waals surface area contributed by atoms with Gasteiger partial charge in [0.1, 0.15) is 0 Å². The Morgan fingerprint density at radius 1 is 1.86 bits per heavy atom. The van der Waals surface area contributed by atoms with E-state index in [0.29, 0.717) is 12.2 Å². The first-order valence-electron chi connectivity index (χ1n) is 4.17. The molecule has 0 radical (unpaired) electrons. The van der Waals surface area contributed by atoms with Gasteiger partial charge in [-0.05, 0) is 13.2 Å². The maximum atomic E-state index is 11.3. The third-order valence-electron chi connectivity index (χ3n) is 1.61. The number of carbonyl (C=O) groups is 1. The van der Waals surface area contributed by atoms with Crippen LogP contribution in [0.3, 0.4) is 0 Å². The molecule has 0 aliphatic carbocycles. The maximum Gasteiger partial charge on any atom is 0.341 e. The summed E-state index contributed by atoms with van der Waals surface area (Å²) < 4.78 is 4.81. The summed E-state index contributed by atoms with van der Waals surface area (Å²) in [4.78, 5) is 15.4. The fourth-order valence-electron chi connectivity index (χ4n) is 0.981. The largest absolute Gasteiger partial charge is 0.462 e. The van der Waals surface area contributed by atoms with E-state index in [2.05, 4.69) is 4.99 Å². The van der Waals surface area contributed by atoms with Crippen molar-refractivity contribution in [3.05, 3.63) is 11.8 Å². The molecular weight excluding hydrogens is 202 g/mol. The number of aliphatic imine (C=N–C) groups is 1. The van der Waals surface area contributed by atoms with Gasteiger partial charge in [-0.2, -0.15) is 0 Å². The van der Waals surface area contributed by atoms with Crippen molar-refractivity contribution < 1.29 is 9.53 Å². The Labute approximate surface area is 87.0 Å². The molecule has 0 aromatic heterocycles. The van der Waals surface area contributed by atoms with Crippen LogP contribution in [0.2, 0.25) is 0 Å². The minimum atomic E-state index is -0.397. The van der Waals surface area contributed by atoms with Crippen molar-refractivity contribution in [2.75, 3.05) is 12.9 Å². The Morgan fingerprint density at radius 2 is 2.57 bits per heavy atom. The van der Waals surface area contributed by atoms with Crippen LogP contribution in [0.1, 0.15) is 6.92 Å². The molecule has 0 bridgehead atoms. The second kappa shape index (κ2) is 5.02. The van der Waals surface area contributed by atoms with Gasteiger partial charge in [-0.3, -0.25) is 10.0 Å². The van der Waals surface area contributed by atoms with Crippen LogP contribution in [0.25, 0.3) is 0 Å². The number of hydrazine groups is 1. The number of nitrogens with two attached hydrogens (primary N) is 1. The highest BCUT2D eigenvalue weighted by Crippen LogP contribution is 2.16. The van der Waals surface area contributed by atoms with Crippen LogP contribution in [0.4, 0.5) is 0 Å². The average molecular weight is 215 g/mol. The average Bonchev–Trinajstić information content (AvgIpc) is 2.18. The molecule has 1 heterocycles. The van der Waals surface area contributed by atoms with Gasteiger partial charge in [-0.15, -0.1) is 11.8 Å². The van der Waals surface area contributed by atoms with Gasteiger partial charge in [0.15, 0.2) is 5.50 Å². The zero-order valence-corrected chi connectivity index (χ0v) is 8.95. The zero-order valence-electron chi connectivity index (χ0n) is 8.14.